The Kier molecular flexibility index (Phi) is 8.79. The van der Waals surface area contributed by atoms with Crippen molar-refractivity contribution in [2.24, 2.45) is 0 Å². The fourth-order valence-corrected chi connectivity index (χ4v) is 3.54. The third kappa shape index (κ3) is 6.97. The largest absolute Gasteiger partial charge is 0.390 e. The number of hydrogen-bond donors (Lipinski definition) is 1. The first-order chi connectivity index (χ1) is 10.8. The van der Waals surface area contributed by atoms with Crippen LogP contribution in [0.15, 0.2) is 0 Å². The predicted octanol–water partition coefficient (Wildman–Crippen LogP) is 4.60. The zero-order chi connectivity index (χ0) is 15.6. The summed E-state index contributed by atoms with van der Waals surface area (Å²) in [4.78, 5) is 0. The highest BCUT2D eigenvalue weighted by molar-refractivity contribution is 4.88. The van der Waals surface area contributed by atoms with Crippen molar-refractivity contribution in [2.75, 3.05) is 6.61 Å². The van der Waals surface area contributed by atoms with Crippen LogP contribution >= 0.6 is 0 Å². The second-order valence-electron chi connectivity index (χ2n) is 7.20. The summed E-state index contributed by atoms with van der Waals surface area (Å²) in [5.74, 6) is 0. The van der Waals surface area contributed by atoms with E-state index < -0.39 is 0 Å². The average Bonchev–Trinajstić information content (AvgIpc) is 3.26. The van der Waals surface area contributed by atoms with Gasteiger partial charge in [0.25, 0.3) is 0 Å². The van der Waals surface area contributed by atoms with Crippen LogP contribution in [-0.2, 0) is 9.47 Å². The van der Waals surface area contributed by atoms with E-state index in [0.29, 0.717) is 6.10 Å². The number of unbranched alkanes of at least 4 members (excludes halogenated alkanes) is 9. The van der Waals surface area contributed by atoms with Gasteiger partial charge in [0.15, 0.2) is 0 Å². The number of aliphatic hydroxyl groups is 1. The fourth-order valence-electron chi connectivity index (χ4n) is 3.54. The molecule has 0 saturated carbocycles. The third-order valence-corrected chi connectivity index (χ3v) is 5.14. The van der Waals surface area contributed by atoms with Crippen molar-refractivity contribution in [3.05, 3.63) is 0 Å². The van der Waals surface area contributed by atoms with Crippen LogP contribution < -0.4 is 0 Å². The normalized spacial score (nSPS) is 28.9. The summed E-state index contributed by atoms with van der Waals surface area (Å²) in [6.07, 6.45) is 16.8. The first-order valence-electron chi connectivity index (χ1n) is 9.76. The van der Waals surface area contributed by atoms with E-state index in [1.165, 1.54) is 57.8 Å². The van der Waals surface area contributed by atoms with E-state index in [4.69, 9.17) is 9.47 Å². The lowest BCUT2D eigenvalue weighted by Gasteiger charge is -2.18. The van der Waals surface area contributed by atoms with Gasteiger partial charge in [0.05, 0.1) is 24.9 Å². The van der Waals surface area contributed by atoms with Gasteiger partial charge in [0.1, 0.15) is 6.10 Å². The first-order valence-corrected chi connectivity index (χ1v) is 9.76. The average molecular weight is 312 g/mol. The second kappa shape index (κ2) is 10.6. The van der Waals surface area contributed by atoms with Crippen molar-refractivity contribution >= 4 is 0 Å². The van der Waals surface area contributed by atoms with Gasteiger partial charge >= 0.3 is 0 Å². The highest BCUT2D eigenvalue weighted by Gasteiger charge is 2.40. The van der Waals surface area contributed by atoms with Crippen LogP contribution in [0.25, 0.3) is 0 Å². The Morgan fingerprint density at radius 3 is 2.05 bits per heavy atom. The van der Waals surface area contributed by atoms with Gasteiger partial charge in [-0.3, -0.25) is 0 Å². The molecule has 2 aliphatic heterocycles. The molecule has 0 aromatic rings. The molecule has 0 aromatic heterocycles. The molecule has 0 aliphatic carbocycles. The van der Waals surface area contributed by atoms with E-state index in [9.17, 15) is 5.11 Å². The molecule has 2 heterocycles. The Balaban J connectivity index is 1.37. The zero-order valence-electron chi connectivity index (χ0n) is 14.5. The van der Waals surface area contributed by atoms with Crippen LogP contribution in [0.2, 0.25) is 0 Å². The summed E-state index contributed by atoms with van der Waals surface area (Å²) in [5.41, 5.74) is 0. The van der Waals surface area contributed by atoms with E-state index in [0.717, 1.165) is 32.3 Å². The Morgan fingerprint density at radius 1 is 0.864 bits per heavy atom. The minimum atomic E-state index is -0.266. The molecule has 0 unspecified atom stereocenters. The van der Waals surface area contributed by atoms with E-state index >= 15 is 0 Å². The van der Waals surface area contributed by atoms with E-state index in [-0.39, 0.29) is 18.3 Å². The Morgan fingerprint density at radius 2 is 1.45 bits per heavy atom. The van der Waals surface area contributed by atoms with Gasteiger partial charge in [-0.05, 0) is 19.3 Å². The maximum atomic E-state index is 10.2. The number of epoxide rings is 1. The second-order valence-corrected chi connectivity index (χ2v) is 7.20. The zero-order valence-corrected chi connectivity index (χ0v) is 14.5. The topological polar surface area (TPSA) is 42.0 Å². The lowest BCUT2D eigenvalue weighted by Crippen LogP contribution is -2.27. The predicted molar refractivity (Wildman–Crippen MR) is 90.1 cm³/mol. The fraction of sp³-hybridized carbons (Fsp3) is 1.00. The van der Waals surface area contributed by atoms with Crippen LogP contribution in [0.3, 0.4) is 0 Å². The van der Waals surface area contributed by atoms with Gasteiger partial charge in [-0.1, -0.05) is 71.1 Å². The van der Waals surface area contributed by atoms with Crippen LogP contribution in [0.1, 0.15) is 90.4 Å². The van der Waals surface area contributed by atoms with Gasteiger partial charge in [-0.15, -0.1) is 0 Å². The number of ether oxygens (including phenoxy) is 2. The summed E-state index contributed by atoms with van der Waals surface area (Å²) < 4.78 is 11.2. The monoisotopic (exact) mass is 312 g/mol. The van der Waals surface area contributed by atoms with Crippen molar-refractivity contribution in [1.29, 1.82) is 0 Å². The van der Waals surface area contributed by atoms with Crippen LogP contribution in [0.5, 0.6) is 0 Å². The highest BCUT2D eigenvalue weighted by Crippen LogP contribution is 2.31. The molecule has 22 heavy (non-hydrogen) atoms. The number of aliphatic hydroxyl groups excluding tert-OH is 1. The molecule has 130 valence electrons. The molecular weight excluding hydrogens is 276 g/mol. The van der Waals surface area contributed by atoms with Crippen molar-refractivity contribution in [3.63, 3.8) is 0 Å². The van der Waals surface area contributed by atoms with Crippen LogP contribution in [-0.4, -0.2) is 36.1 Å². The quantitative estimate of drug-likeness (QED) is 0.399. The van der Waals surface area contributed by atoms with Crippen LogP contribution in [0, 0.1) is 0 Å². The molecule has 2 fully saturated rings. The molecule has 3 heteroatoms. The smallest absolute Gasteiger partial charge is 0.107 e. The van der Waals surface area contributed by atoms with Gasteiger partial charge in [0, 0.05) is 0 Å². The molecule has 0 spiro atoms. The molecular formula is C19H36O3. The Labute approximate surface area is 136 Å². The number of hydrogen-bond acceptors (Lipinski definition) is 3. The summed E-state index contributed by atoms with van der Waals surface area (Å²) in [6, 6.07) is 0. The van der Waals surface area contributed by atoms with Crippen molar-refractivity contribution in [1.82, 2.24) is 0 Å². The summed E-state index contributed by atoms with van der Waals surface area (Å²) in [6.45, 7) is 3.12. The first kappa shape index (κ1) is 18.2. The lowest BCUT2D eigenvalue weighted by atomic mass is 10.0. The van der Waals surface area contributed by atoms with E-state index in [1.807, 2.05) is 0 Å². The summed E-state index contributed by atoms with van der Waals surface area (Å²) >= 11 is 0. The van der Waals surface area contributed by atoms with Crippen LogP contribution in [0.4, 0.5) is 0 Å². The minimum absolute atomic E-state index is 0.0627. The van der Waals surface area contributed by atoms with Crippen molar-refractivity contribution < 1.29 is 14.6 Å². The highest BCUT2D eigenvalue weighted by atomic mass is 16.6. The van der Waals surface area contributed by atoms with Gasteiger partial charge in [0.2, 0.25) is 0 Å². The van der Waals surface area contributed by atoms with Gasteiger partial charge < -0.3 is 14.6 Å². The molecule has 0 amide bonds. The Hall–Kier alpha value is -0.120. The minimum Gasteiger partial charge on any atom is -0.390 e. The van der Waals surface area contributed by atoms with Gasteiger partial charge in [-0.2, -0.15) is 0 Å². The maximum Gasteiger partial charge on any atom is 0.107 e. The third-order valence-electron chi connectivity index (χ3n) is 5.14. The molecule has 1 N–H and O–H groups in total. The molecule has 3 nitrogen and oxygen atoms in total. The standard InChI is InChI=1S/C19H36O3/c1-2-3-4-5-6-7-8-9-10-11-12-16(20)17-13-14-18(22-17)19-15-21-19/h16-20H,2-15H2,1H3/t16-,17-,18-,19-/m1/s1. The molecule has 0 bridgehead atoms. The molecule has 2 rings (SSSR count). The lowest BCUT2D eigenvalue weighted by molar-refractivity contribution is -0.0443. The van der Waals surface area contributed by atoms with Gasteiger partial charge in [-0.25, -0.2) is 0 Å². The maximum absolute atomic E-state index is 10.2. The van der Waals surface area contributed by atoms with Crippen molar-refractivity contribution in [2.45, 2.75) is 115 Å². The van der Waals surface area contributed by atoms with E-state index in [1.54, 1.807) is 0 Å². The summed E-state index contributed by atoms with van der Waals surface area (Å²) in [7, 11) is 0. The Bertz CT molecular complexity index is 278. The molecule has 0 radical (unpaired) electrons. The SMILES string of the molecule is CCCCCCCCCCCC[C@@H](O)[C@H]1CC[C@H]([C@H]2CO2)O1. The summed E-state index contributed by atoms with van der Waals surface area (Å²) in [5, 5.41) is 10.2. The number of rotatable bonds is 13. The molecule has 0 aromatic carbocycles. The molecule has 4 atom stereocenters. The molecule has 2 aliphatic rings. The van der Waals surface area contributed by atoms with E-state index in [2.05, 4.69) is 6.92 Å². The van der Waals surface area contributed by atoms with Crippen molar-refractivity contribution in [3.8, 4) is 0 Å². The molecule has 2 saturated heterocycles.